The van der Waals surface area contributed by atoms with Gasteiger partial charge < -0.3 is 15.2 Å². The third-order valence-electron chi connectivity index (χ3n) is 3.05. The van der Waals surface area contributed by atoms with Gasteiger partial charge in [0.25, 0.3) is 0 Å². The molecule has 6 nitrogen and oxygen atoms in total. The van der Waals surface area contributed by atoms with Crippen molar-refractivity contribution < 1.29 is 0 Å². The molecule has 0 aliphatic rings. The molecule has 2 N–H and O–H groups in total. The first-order valence-corrected chi connectivity index (χ1v) is 7.29. The minimum Gasteiger partial charge on any atom is -0.357 e. The van der Waals surface area contributed by atoms with Gasteiger partial charge in [-0.25, -0.2) is 4.99 Å². The van der Waals surface area contributed by atoms with E-state index in [1.165, 1.54) is 11.1 Å². The lowest BCUT2D eigenvalue weighted by atomic mass is 10.3. The van der Waals surface area contributed by atoms with Crippen LogP contribution in [0.3, 0.4) is 0 Å². The molecule has 0 saturated heterocycles. The Balaban J connectivity index is 0.00000242. The van der Waals surface area contributed by atoms with Crippen molar-refractivity contribution in [3.8, 4) is 0 Å². The molecule has 0 aliphatic carbocycles. The van der Waals surface area contributed by atoms with Crippen molar-refractivity contribution in [2.75, 3.05) is 13.1 Å². The number of halogens is 1. The van der Waals surface area contributed by atoms with Gasteiger partial charge in [0.05, 0.1) is 19.3 Å². The van der Waals surface area contributed by atoms with Gasteiger partial charge >= 0.3 is 0 Å². The fourth-order valence-corrected chi connectivity index (χ4v) is 2.04. The lowest BCUT2D eigenvalue weighted by Crippen LogP contribution is -2.38. The largest absolute Gasteiger partial charge is 0.357 e. The van der Waals surface area contributed by atoms with Crippen LogP contribution in [0.5, 0.6) is 0 Å². The summed E-state index contributed by atoms with van der Waals surface area (Å²) in [6.45, 7) is 7.25. The van der Waals surface area contributed by atoms with Crippen LogP contribution in [0, 0.1) is 6.92 Å². The molecule has 0 unspecified atom stereocenters. The van der Waals surface area contributed by atoms with E-state index in [2.05, 4.69) is 39.9 Å². The Labute approximate surface area is 149 Å². The van der Waals surface area contributed by atoms with E-state index in [0.717, 1.165) is 25.6 Å². The van der Waals surface area contributed by atoms with Gasteiger partial charge in [0.2, 0.25) is 0 Å². The van der Waals surface area contributed by atoms with E-state index in [9.17, 15) is 0 Å². The van der Waals surface area contributed by atoms with Crippen LogP contribution in [-0.2, 0) is 20.1 Å². The van der Waals surface area contributed by atoms with Crippen molar-refractivity contribution in [2.24, 2.45) is 12.0 Å². The summed E-state index contributed by atoms with van der Waals surface area (Å²) in [5.74, 6) is 0.838. The van der Waals surface area contributed by atoms with Crippen molar-refractivity contribution in [1.29, 1.82) is 0 Å². The molecule has 0 fully saturated rings. The molecule has 2 aromatic rings. The second-order valence-corrected chi connectivity index (χ2v) is 5.09. The zero-order valence-corrected chi connectivity index (χ0v) is 15.7. The average Bonchev–Trinajstić information content (AvgIpc) is 3.05. The molecule has 0 radical (unpaired) electrons. The van der Waals surface area contributed by atoms with Crippen LogP contribution in [0.15, 0.2) is 35.8 Å². The second-order valence-electron chi connectivity index (χ2n) is 5.09. The number of aromatic nitrogens is 3. The van der Waals surface area contributed by atoms with Crippen molar-refractivity contribution in [3.05, 3.63) is 42.0 Å². The topological polar surface area (TPSA) is 59.2 Å². The van der Waals surface area contributed by atoms with Crippen LogP contribution >= 0.6 is 24.0 Å². The minimum atomic E-state index is 0. The van der Waals surface area contributed by atoms with Crippen molar-refractivity contribution in [1.82, 2.24) is 25.0 Å². The van der Waals surface area contributed by atoms with E-state index in [0.29, 0.717) is 6.54 Å². The fourth-order valence-electron chi connectivity index (χ4n) is 2.04. The van der Waals surface area contributed by atoms with Crippen LogP contribution in [0.4, 0.5) is 0 Å². The van der Waals surface area contributed by atoms with E-state index in [4.69, 9.17) is 0 Å². The van der Waals surface area contributed by atoms with Gasteiger partial charge in [-0.05, 0) is 31.0 Å². The Morgan fingerprint density at radius 3 is 2.73 bits per heavy atom. The number of aryl methyl sites for hydroxylation is 2. The molecule has 0 amide bonds. The number of hydrogen-bond acceptors (Lipinski definition) is 2. The van der Waals surface area contributed by atoms with Crippen LogP contribution in [-0.4, -0.2) is 33.4 Å². The zero-order valence-electron chi connectivity index (χ0n) is 13.4. The summed E-state index contributed by atoms with van der Waals surface area (Å²) < 4.78 is 3.97. The maximum atomic E-state index is 4.58. The highest BCUT2D eigenvalue weighted by atomic mass is 127. The van der Waals surface area contributed by atoms with Gasteiger partial charge in [-0.2, -0.15) is 5.10 Å². The SMILES string of the molecule is CCNC(=NCc1ccn(C)c1)NCCn1cc(C)cn1.I. The summed E-state index contributed by atoms with van der Waals surface area (Å²) in [6, 6.07) is 2.08. The Morgan fingerprint density at radius 2 is 2.14 bits per heavy atom. The summed E-state index contributed by atoms with van der Waals surface area (Å²) in [7, 11) is 2.02. The highest BCUT2D eigenvalue weighted by Gasteiger charge is 1.99. The van der Waals surface area contributed by atoms with Crippen LogP contribution in [0.25, 0.3) is 0 Å². The highest BCUT2D eigenvalue weighted by molar-refractivity contribution is 14.0. The van der Waals surface area contributed by atoms with E-state index in [1.54, 1.807) is 0 Å². The van der Waals surface area contributed by atoms with Gasteiger partial charge in [0, 0.05) is 38.7 Å². The molecule has 2 heterocycles. The summed E-state index contributed by atoms with van der Waals surface area (Å²) in [5, 5.41) is 10.8. The molecular weight excluding hydrogens is 391 g/mol. The van der Waals surface area contributed by atoms with Crippen LogP contribution < -0.4 is 10.6 Å². The number of nitrogens with zero attached hydrogens (tertiary/aromatic N) is 4. The lowest BCUT2D eigenvalue weighted by Gasteiger charge is -2.11. The van der Waals surface area contributed by atoms with E-state index >= 15 is 0 Å². The summed E-state index contributed by atoms with van der Waals surface area (Å²) in [4.78, 5) is 4.58. The van der Waals surface area contributed by atoms with Crippen molar-refractivity contribution in [2.45, 2.75) is 26.9 Å². The molecule has 0 atom stereocenters. The van der Waals surface area contributed by atoms with Crippen LogP contribution in [0.2, 0.25) is 0 Å². The first-order valence-electron chi connectivity index (χ1n) is 7.29. The lowest BCUT2D eigenvalue weighted by molar-refractivity contribution is 0.597. The van der Waals surface area contributed by atoms with Gasteiger partial charge in [-0.1, -0.05) is 0 Å². The number of hydrogen-bond donors (Lipinski definition) is 2. The number of nitrogens with one attached hydrogen (secondary N) is 2. The Kier molecular flexibility index (Phi) is 8.00. The summed E-state index contributed by atoms with van der Waals surface area (Å²) >= 11 is 0. The number of aliphatic imine (C=N–C) groups is 1. The molecular formula is C15H25IN6. The van der Waals surface area contributed by atoms with Gasteiger partial charge in [0.15, 0.2) is 5.96 Å². The van der Waals surface area contributed by atoms with Gasteiger partial charge in [-0.3, -0.25) is 4.68 Å². The minimum absolute atomic E-state index is 0. The maximum Gasteiger partial charge on any atom is 0.191 e. The Morgan fingerprint density at radius 1 is 1.32 bits per heavy atom. The highest BCUT2D eigenvalue weighted by Crippen LogP contribution is 2.01. The molecule has 0 bridgehead atoms. The van der Waals surface area contributed by atoms with E-state index in [1.807, 2.05) is 41.8 Å². The summed E-state index contributed by atoms with van der Waals surface area (Å²) in [5.41, 5.74) is 2.39. The molecule has 2 rings (SSSR count). The average molecular weight is 416 g/mol. The molecule has 0 aliphatic heterocycles. The van der Waals surface area contributed by atoms with Gasteiger partial charge in [0.1, 0.15) is 0 Å². The first-order chi connectivity index (χ1) is 10.2. The Bertz CT molecular complexity index is 586. The number of rotatable bonds is 6. The van der Waals surface area contributed by atoms with Crippen molar-refractivity contribution in [3.63, 3.8) is 0 Å². The second kappa shape index (κ2) is 9.50. The summed E-state index contributed by atoms with van der Waals surface area (Å²) in [6.07, 6.45) is 8.02. The number of guanidine groups is 1. The molecule has 0 spiro atoms. The fraction of sp³-hybridized carbons (Fsp3) is 0.467. The molecule has 22 heavy (non-hydrogen) atoms. The molecule has 0 saturated carbocycles. The third-order valence-corrected chi connectivity index (χ3v) is 3.05. The molecule has 0 aromatic carbocycles. The van der Waals surface area contributed by atoms with Crippen LogP contribution in [0.1, 0.15) is 18.1 Å². The predicted molar refractivity (Wildman–Crippen MR) is 101 cm³/mol. The monoisotopic (exact) mass is 416 g/mol. The maximum absolute atomic E-state index is 4.58. The standard InChI is InChI=1S/C15H24N6.HI/c1-4-16-15(18-10-14-5-7-20(3)12-14)17-6-8-21-11-13(2)9-19-21;/h5,7,9,11-12H,4,6,8,10H2,1-3H3,(H2,16,17,18);1H. The van der Waals surface area contributed by atoms with E-state index in [-0.39, 0.29) is 24.0 Å². The molecule has 7 heteroatoms. The molecule has 2 aromatic heterocycles. The molecule has 122 valence electrons. The normalized spacial score (nSPS) is 11.1. The van der Waals surface area contributed by atoms with E-state index < -0.39 is 0 Å². The predicted octanol–water partition coefficient (Wildman–Crippen LogP) is 1.90. The zero-order chi connectivity index (χ0) is 15.1. The third kappa shape index (κ3) is 6.08. The smallest absolute Gasteiger partial charge is 0.191 e. The van der Waals surface area contributed by atoms with Crippen molar-refractivity contribution >= 4 is 29.9 Å². The van der Waals surface area contributed by atoms with Gasteiger partial charge in [-0.15, -0.1) is 24.0 Å². The Hall–Kier alpha value is -1.51. The first kappa shape index (κ1) is 18.5. The quantitative estimate of drug-likeness (QED) is 0.430.